The number of cyclic esters (lactones) is 1. The SMILES string of the molecule is C=CCC1C=C(C)CC(C)CC(OC)C2O[C@@](O)(C(=O)C(=O)N3CCCCC3C(=O)OC(C(C)=CC3CCC(O)C(OC)C3)C(C)C(O)CC1=O)C(C)CC2OC. The predicted molar refractivity (Wildman–Crippen MR) is 213 cm³/mol. The van der Waals surface area contributed by atoms with Gasteiger partial charge in [0, 0.05) is 52.0 Å². The van der Waals surface area contributed by atoms with E-state index in [1.54, 1.807) is 27.0 Å². The van der Waals surface area contributed by atoms with Gasteiger partial charge in [-0.1, -0.05) is 44.6 Å². The summed E-state index contributed by atoms with van der Waals surface area (Å²) in [4.78, 5) is 57.8. The number of amides is 1. The molecule has 1 aliphatic carbocycles. The molecule has 14 atom stereocenters. The minimum absolute atomic E-state index is 0.00988. The lowest BCUT2D eigenvalue weighted by Gasteiger charge is -2.47. The maximum atomic E-state index is 14.3. The molecule has 0 aromatic heterocycles. The molecule has 4 aliphatic rings. The first-order valence-electron chi connectivity index (χ1n) is 20.9. The number of fused-ring (bicyclic) bond motifs is 3. The number of esters is 1. The molecule has 4 rings (SSSR count). The van der Waals surface area contributed by atoms with E-state index in [1.165, 1.54) is 19.1 Å². The van der Waals surface area contributed by atoms with Crippen molar-refractivity contribution >= 4 is 23.4 Å². The number of Topliss-reactive ketones (excluding diaryl/α,β-unsaturated/α-hetero) is 2. The Hall–Kier alpha value is -2.78. The van der Waals surface area contributed by atoms with E-state index in [2.05, 4.69) is 6.58 Å². The molecule has 13 unspecified atom stereocenters. The number of allylic oxidation sites excluding steroid dienone is 4. The molecule has 57 heavy (non-hydrogen) atoms. The molecular formula is C44H69NO12. The Morgan fingerprint density at radius 1 is 0.930 bits per heavy atom. The highest BCUT2D eigenvalue weighted by Crippen LogP contribution is 2.39. The molecule has 1 amide bonds. The minimum Gasteiger partial charge on any atom is -0.456 e. The first-order chi connectivity index (χ1) is 27.0. The zero-order valence-electron chi connectivity index (χ0n) is 35.4. The molecule has 322 valence electrons. The molecule has 3 aliphatic heterocycles. The van der Waals surface area contributed by atoms with Crippen LogP contribution >= 0.6 is 0 Å². The van der Waals surface area contributed by atoms with Crippen molar-refractivity contribution in [2.24, 2.45) is 29.6 Å². The summed E-state index contributed by atoms with van der Waals surface area (Å²) in [5.41, 5.74) is 1.61. The van der Waals surface area contributed by atoms with Crippen LogP contribution in [0.2, 0.25) is 0 Å². The normalized spacial score (nSPS) is 40.1. The number of rotatable bonds is 7. The summed E-state index contributed by atoms with van der Waals surface area (Å²) in [5, 5.41) is 34.1. The Morgan fingerprint density at radius 2 is 1.60 bits per heavy atom. The molecule has 1 saturated carbocycles. The Bertz CT molecular complexity index is 1480. The van der Waals surface area contributed by atoms with Gasteiger partial charge in [-0.15, -0.1) is 6.58 Å². The van der Waals surface area contributed by atoms with Crippen LogP contribution in [0.1, 0.15) is 105 Å². The lowest BCUT2D eigenvalue weighted by Crippen LogP contribution is -2.64. The number of piperidine rings is 1. The summed E-state index contributed by atoms with van der Waals surface area (Å²) in [6.45, 7) is 13.1. The second kappa shape index (κ2) is 21.0. The predicted octanol–water partition coefficient (Wildman–Crippen LogP) is 4.64. The van der Waals surface area contributed by atoms with E-state index in [0.29, 0.717) is 56.9 Å². The highest BCUT2D eigenvalue weighted by Gasteiger charge is 2.56. The van der Waals surface area contributed by atoms with Crippen molar-refractivity contribution in [3.8, 4) is 0 Å². The molecule has 3 fully saturated rings. The molecular weight excluding hydrogens is 734 g/mol. The maximum Gasteiger partial charge on any atom is 0.329 e. The number of nitrogens with zero attached hydrogens (tertiary/aromatic N) is 1. The third-order valence-corrected chi connectivity index (χ3v) is 12.9. The van der Waals surface area contributed by atoms with Crippen molar-refractivity contribution in [1.29, 1.82) is 0 Å². The van der Waals surface area contributed by atoms with E-state index in [4.69, 9.17) is 23.7 Å². The second-order valence-electron chi connectivity index (χ2n) is 17.3. The van der Waals surface area contributed by atoms with E-state index < -0.39 is 83.9 Å². The van der Waals surface area contributed by atoms with Crippen molar-refractivity contribution in [1.82, 2.24) is 4.90 Å². The van der Waals surface area contributed by atoms with E-state index in [9.17, 15) is 34.5 Å². The van der Waals surface area contributed by atoms with Gasteiger partial charge >= 0.3 is 5.97 Å². The van der Waals surface area contributed by atoms with Gasteiger partial charge < -0.3 is 43.9 Å². The molecule has 13 nitrogen and oxygen atoms in total. The average Bonchev–Trinajstić information content (AvgIpc) is 3.18. The Balaban J connectivity index is 1.78. The fourth-order valence-electron chi connectivity index (χ4n) is 9.42. The van der Waals surface area contributed by atoms with Crippen LogP contribution in [0.5, 0.6) is 0 Å². The van der Waals surface area contributed by atoms with Gasteiger partial charge in [0.15, 0.2) is 0 Å². The fourth-order valence-corrected chi connectivity index (χ4v) is 9.42. The van der Waals surface area contributed by atoms with Gasteiger partial charge in [0.2, 0.25) is 5.79 Å². The van der Waals surface area contributed by atoms with Gasteiger partial charge in [0.05, 0.1) is 30.5 Å². The number of methoxy groups -OCH3 is 3. The second-order valence-corrected chi connectivity index (χ2v) is 17.3. The van der Waals surface area contributed by atoms with Crippen LogP contribution in [0.3, 0.4) is 0 Å². The standard InChI is InChI=1S/C44H69NO12/c1-10-13-31-19-25(2)18-26(3)20-37(54-8)40-38(55-9)22-28(5)44(52,57-40)41(49)42(50)45-17-12-11-14-32(45)43(51)56-39(29(6)34(47)24-35(31)48)27(4)21-30-15-16-33(46)36(23-30)53-7/h10,19,21,26,28-34,36-40,46-47,52H,1,11-18,20,22-24H2,2-9H3/t26?,28?,29?,30?,31?,32?,33?,34?,36?,37?,38?,39?,40?,44-/m1/s1. The lowest BCUT2D eigenvalue weighted by atomic mass is 9.81. The summed E-state index contributed by atoms with van der Waals surface area (Å²) < 4.78 is 29.7. The molecule has 0 spiro atoms. The molecule has 0 aromatic rings. The van der Waals surface area contributed by atoms with E-state index in [-0.39, 0.29) is 49.5 Å². The number of ketones is 2. The summed E-state index contributed by atoms with van der Waals surface area (Å²) in [5.74, 6) is -7.76. The molecule has 3 N–H and O–H groups in total. The van der Waals surface area contributed by atoms with Crippen LogP contribution in [0.15, 0.2) is 36.0 Å². The third kappa shape index (κ3) is 11.3. The number of hydrogen-bond acceptors (Lipinski definition) is 12. The fraction of sp³-hybridized carbons (Fsp3) is 0.773. The number of ether oxygens (including phenoxy) is 5. The van der Waals surface area contributed by atoms with Crippen LogP contribution in [-0.4, -0.2) is 126 Å². The maximum absolute atomic E-state index is 14.3. The van der Waals surface area contributed by atoms with Crippen LogP contribution in [0, 0.1) is 29.6 Å². The first kappa shape index (κ1) is 46.9. The molecule has 0 aromatic carbocycles. The van der Waals surface area contributed by atoms with Gasteiger partial charge in [0.1, 0.15) is 24.0 Å². The van der Waals surface area contributed by atoms with E-state index in [0.717, 1.165) is 5.57 Å². The van der Waals surface area contributed by atoms with Crippen LogP contribution in [0.4, 0.5) is 0 Å². The van der Waals surface area contributed by atoms with Crippen LogP contribution in [-0.2, 0) is 42.9 Å². The summed E-state index contributed by atoms with van der Waals surface area (Å²) in [6, 6.07) is -1.14. The zero-order valence-corrected chi connectivity index (χ0v) is 35.4. The molecule has 0 radical (unpaired) electrons. The highest BCUT2D eigenvalue weighted by molar-refractivity contribution is 6.39. The van der Waals surface area contributed by atoms with Crippen molar-refractivity contribution in [2.45, 2.75) is 160 Å². The number of hydrogen-bond donors (Lipinski definition) is 3. The van der Waals surface area contributed by atoms with Crippen LogP contribution in [0.25, 0.3) is 0 Å². The Kier molecular flexibility index (Phi) is 17.2. The smallest absolute Gasteiger partial charge is 0.329 e. The summed E-state index contributed by atoms with van der Waals surface area (Å²) in [7, 11) is 4.61. The number of aliphatic hydroxyl groups is 3. The van der Waals surface area contributed by atoms with Crippen molar-refractivity contribution in [3.63, 3.8) is 0 Å². The number of carbonyl (C=O) groups is 4. The van der Waals surface area contributed by atoms with Gasteiger partial charge in [-0.05, 0) is 95.5 Å². The molecule has 13 heteroatoms. The van der Waals surface area contributed by atoms with Crippen molar-refractivity contribution in [3.05, 3.63) is 36.0 Å². The minimum atomic E-state index is -2.51. The van der Waals surface area contributed by atoms with Gasteiger partial charge in [-0.3, -0.25) is 14.4 Å². The monoisotopic (exact) mass is 803 g/mol. The Morgan fingerprint density at radius 3 is 2.25 bits per heavy atom. The summed E-state index contributed by atoms with van der Waals surface area (Å²) >= 11 is 0. The average molecular weight is 804 g/mol. The Labute approximate surface area is 339 Å². The van der Waals surface area contributed by atoms with Gasteiger partial charge in [-0.25, -0.2) is 4.79 Å². The summed E-state index contributed by atoms with van der Waals surface area (Å²) in [6.07, 6.45) is 4.93. The highest BCUT2D eigenvalue weighted by atomic mass is 16.7. The number of aliphatic hydroxyl groups excluding tert-OH is 2. The third-order valence-electron chi connectivity index (χ3n) is 12.9. The van der Waals surface area contributed by atoms with E-state index in [1.807, 2.05) is 32.9 Å². The first-order valence-corrected chi connectivity index (χ1v) is 20.9. The zero-order chi connectivity index (χ0) is 42.2. The topological polar surface area (TPSA) is 178 Å². The van der Waals surface area contributed by atoms with Gasteiger partial charge in [-0.2, -0.15) is 0 Å². The molecule has 2 saturated heterocycles. The number of carbonyl (C=O) groups excluding carboxylic acids is 4. The largest absolute Gasteiger partial charge is 0.456 e. The quantitative estimate of drug-likeness (QED) is 0.185. The lowest BCUT2D eigenvalue weighted by molar-refractivity contribution is -0.302. The van der Waals surface area contributed by atoms with E-state index >= 15 is 0 Å². The van der Waals surface area contributed by atoms with Gasteiger partial charge in [0.25, 0.3) is 11.7 Å². The molecule has 3 heterocycles. The van der Waals surface area contributed by atoms with Crippen LogP contribution < -0.4 is 0 Å². The van der Waals surface area contributed by atoms with Crippen molar-refractivity contribution in [2.75, 3.05) is 27.9 Å². The van der Waals surface area contributed by atoms with Crippen molar-refractivity contribution < 1.29 is 58.2 Å². The molecule has 2 bridgehead atoms.